The van der Waals surface area contributed by atoms with Crippen LogP contribution >= 0.6 is 0 Å². The zero-order valence-corrected chi connectivity index (χ0v) is 39.1. The Morgan fingerprint density at radius 2 is 0.774 bits per heavy atom. The van der Waals surface area contributed by atoms with Crippen molar-refractivity contribution in [2.45, 2.75) is 175 Å². The van der Waals surface area contributed by atoms with Crippen molar-refractivity contribution >= 4 is 17.9 Å². The van der Waals surface area contributed by atoms with Gasteiger partial charge in [0, 0.05) is 19.3 Å². The molecule has 0 rings (SSSR count). The molecule has 1 unspecified atom stereocenters. The van der Waals surface area contributed by atoms with Crippen LogP contribution in [0.2, 0.25) is 0 Å². The smallest absolute Gasteiger partial charge is 0.306 e. The fourth-order valence-electron chi connectivity index (χ4n) is 5.73. The minimum Gasteiger partial charge on any atom is -0.462 e. The molecule has 0 heterocycles. The average molecular weight is 853 g/mol. The quantitative estimate of drug-likeness (QED) is 0.0201. The monoisotopic (exact) mass is 853 g/mol. The summed E-state index contributed by atoms with van der Waals surface area (Å²) in [4.78, 5) is 37.8. The van der Waals surface area contributed by atoms with Crippen LogP contribution in [0.15, 0.2) is 146 Å². The van der Waals surface area contributed by atoms with Gasteiger partial charge in [-0.1, -0.05) is 224 Å². The summed E-state index contributed by atoms with van der Waals surface area (Å²) in [6, 6.07) is 0. The third-order valence-corrected chi connectivity index (χ3v) is 9.30. The summed E-state index contributed by atoms with van der Waals surface area (Å²) in [5, 5.41) is 0. The van der Waals surface area contributed by atoms with Crippen molar-refractivity contribution in [3.63, 3.8) is 0 Å². The summed E-state index contributed by atoms with van der Waals surface area (Å²) in [5.41, 5.74) is 0. The number of allylic oxidation sites excluding steroid dienone is 24. The van der Waals surface area contributed by atoms with E-state index in [4.69, 9.17) is 14.2 Å². The van der Waals surface area contributed by atoms with Crippen LogP contribution in [0.4, 0.5) is 0 Å². The minimum absolute atomic E-state index is 0.144. The number of hydrogen-bond acceptors (Lipinski definition) is 6. The standard InChI is InChI=1S/C56H84O6/c1-4-7-10-13-16-19-22-25-26-27-28-29-32-34-37-40-43-46-49-55(58)61-52-53(62-56(59)50-47-44-41-38-35-31-24-21-18-15-12-9-6-3)51-60-54(57)48-45-42-39-36-33-30-23-20-17-14-11-8-5-2/h9-10,12-13,15-16,18-19,21-22,24-31,33,35,38-39,41-42,53H,4-8,11,14,17,20,23,32,34,36-37,40,43-52H2,1-3H3/b12-9+,13-10+,18-15+,19-16+,24-21+,25-22+,27-26+,29-28+,33-30+,35-31+,41-38+,42-39+. The molecule has 0 spiro atoms. The van der Waals surface area contributed by atoms with Gasteiger partial charge in [-0.15, -0.1) is 0 Å². The van der Waals surface area contributed by atoms with E-state index in [1.165, 1.54) is 44.9 Å². The molecule has 6 heteroatoms. The van der Waals surface area contributed by atoms with E-state index in [0.717, 1.165) is 64.2 Å². The first-order valence-corrected chi connectivity index (χ1v) is 24.0. The van der Waals surface area contributed by atoms with E-state index in [2.05, 4.69) is 69.4 Å². The van der Waals surface area contributed by atoms with Crippen molar-refractivity contribution in [3.8, 4) is 0 Å². The highest BCUT2D eigenvalue weighted by Crippen LogP contribution is 2.11. The van der Waals surface area contributed by atoms with Gasteiger partial charge in [0.1, 0.15) is 13.2 Å². The molecular formula is C56H84O6. The van der Waals surface area contributed by atoms with Crippen molar-refractivity contribution < 1.29 is 28.6 Å². The van der Waals surface area contributed by atoms with Crippen LogP contribution in [0.3, 0.4) is 0 Å². The molecule has 0 N–H and O–H groups in total. The van der Waals surface area contributed by atoms with E-state index in [-0.39, 0.29) is 38.0 Å². The molecule has 0 aliphatic heterocycles. The lowest BCUT2D eigenvalue weighted by molar-refractivity contribution is -0.166. The van der Waals surface area contributed by atoms with Crippen LogP contribution < -0.4 is 0 Å². The largest absolute Gasteiger partial charge is 0.462 e. The summed E-state index contributed by atoms with van der Waals surface area (Å²) in [7, 11) is 0. The average Bonchev–Trinajstić information content (AvgIpc) is 3.27. The zero-order valence-electron chi connectivity index (χ0n) is 39.1. The highest BCUT2D eigenvalue weighted by atomic mass is 16.6. The van der Waals surface area contributed by atoms with E-state index in [1.807, 2.05) is 97.2 Å². The van der Waals surface area contributed by atoms with Gasteiger partial charge in [-0.3, -0.25) is 14.4 Å². The molecule has 1 atom stereocenters. The molecule has 0 amide bonds. The Balaban J connectivity index is 4.63. The Labute approximate surface area is 378 Å². The summed E-state index contributed by atoms with van der Waals surface area (Å²) < 4.78 is 16.6. The highest BCUT2D eigenvalue weighted by molar-refractivity contribution is 5.71. The van der Waals surface area contributed by atoms with Gasteiger partial charge in [-0.05, 0) is 70.6 Å². The van der Waals surface area contributed by atoms with Gasteiger partial charge in [0.2, 0.25) is 0 Å². The van der Waals surface area contributed by atoms with Crippen LogP contribution in [0.25, 0.3) is 0 Å². The molecule has 0 aliphatic rings. The Morgan fingerprint density at radius 3 is 1.32 bits per heavy atom. The first-order chi connectivity index (χ1) is 30.5. The van der Waals surface area contributed by atoms with Crippen molar-refractivity contribution in [2.75, 3.05) is 13.2 Å². The second-order valence-corrected chi connectivity index (χ2v) is 15.2. The Bertz CT molecular complexity index is 1440. The lowest BCUT2D eigenvalue weighted by Gasteiger charge is -2.18. The Morgan fingerprint density at radius 1 is 0.355 bits per heavy atom. The second kappa shape index (κ2) is 49.0. The molecule has 0 aromatic rings. The van der Waals surface area contributed by atoms with Gasteiger partial charge < -0.3 is 14.2 Å². The summed E-state index contributed by atoms with van der Waals surface area (Å²) in [6.07, 6.45) is 69.9. The third-order valence-electron chi connectivity index (χ3n) is 9.30. The number of esters is 3. The predicted molar refractivity (Wildman–Crippen MR) is 265 cm³/mol. The van der Waals surface area contributed by atoms with Gasteiger partial charge in [0.25, 0.3) is 0 Å². The molecular weight excluding hydrogens is 769 g/mol. The number of hydrogen-bond donors (Lipinski definition) is 0. The molecule has 0 saturated carbocycles. The maximum atomic E-state index is 12.7. The van der Waals surface area contributed by atoms with Crippen molar-refractivity contribution in [3.05, 3.63) is 146 Å². The van der Waals surface area contributed by atoms with E-state index in [9.17, 15) is 14.4 Å². The zero-order chi connectivity index (χ0) is 45.1. The molecule has 0 bridgehead atoms. The number of carbonyl (C=O) groups excluding carboxylic acids is 3. The van der Waals surface area contributed by atoms with Gasteiger partial charge in [0.05, 0.1) is 0 Å². The molecule has 0 aromatic carbocycles. The molecule has 0 radical (unpaired) electrons. The maximum Gasteiger partial charge on any atom is 0.306 e. The maximum absolute atomic E-state index is 12.7. The highest BCUT2D eigenvalue weighted by Gasteiger charge is 2.19. The Kier molecular flexibility index (Phi) is 45.2. The minimum atomic E-state index is -0.854. The summed E-state index contributed by atoms with van der Waals surface area (Å²) in [6.45, 7) is 6.22. The van der Waals surface area contributed by atoms with Crippen LogP contribution in [0.1, 0.15) is 168 Å². The number of rotatable bonds is 40. The lowest BCUT2D eigenvalue weighted by Crippen LogP contribution is -2.30. The SMILES string of the molecule is CC/C=C/C=C/C=C/C=C/C=C/CCCC(=O)OC(COC(=O)CC/C=C/C/C=C/CCCCCCCC)COC(=O)CCCCCCC/C=C/C=C/C=C/C=C/C=C/CCC. The first kappa shape index (κ1) is 57.3. The van der Waals surface area contributed by atoms with Crippen LogP contribution in [-0.4, -0.2) is 37.2 Å². The lowest BCUT2D eigenvalue weighted by atomic mass is 10.1. The van der Waals surface area contributed by atoms with E-state index in [0.29, 0.717) is 25.7 Å². The van der Waals surface area contributed by atoms with Crippen molar-refractivity contribution in [1.29, 1.82) is 0 Å². The number of unbranched alkanes of at least 4 members (excludes halogenated alkanes) is 13. The topological polar surface area (TPSA) is 78.9 Å². The van der Waals surface area contributed by atoms with Crippen LogP contribution in [0, 0.1) is 0 Å². The number of carbonyl (C=O) groups is 3. The molecule has 0 aromatic heterocycles. The molecule has 344 valence electrons. The van der Waals surface area contributed by atoms with Gasteiger partial charge in [0.15, 0.2) is 6.10 Å². The molecule has 0 aliphatic carbocycles. The van der Waals surface area contributed by atoms with E-state index >= 15 is 0 Å². The van der Waals surface area contributed by atoms with Gasteiger partial charge >= 0.3 is 17.9 Å². The van der Waals surface area contributed by atoms with Crippen molar-refractivity contribution in [1.82, 2.24) is 0 Å². The molecule has 6 nitrogen and oxygen atoms in total. The second-order valence-electron chi connectivity index (χ2n) is 15.2. The van der Waals surface area contributed by atoms with E-state index in [1.54, 1.807) is 0 Å². The van der Waals surface area contributed by atoms with Gasteiger partial charge in [-0.2, -0.15) is 0 Å². The van der Waals surface area contributed by atoms with E-state index < -0.39 is 12.1 Å². The first-order valence-electron chi connectivity index (χ1n) is 24.0. The predicted octanol–water partition coefficient (Wildman–Crippen LogP) is 15.7. The normalized spacial score (nSPS) is 13.4. The summed E-state index contributed by atoms with van der Waals surface area (Å²) in [5.74, 6) is -1.13. The molecule has 0 fully saturated rings. The Hall–Kier alpha value is -4.71. The van der Waals surface area contributed by atoms with Crippen molar-refractivity contribution in [2.24, 2.45) is 0 Å². The van der Waals surface area contributed by atoms with Crippen LogP contribution in [0.5, 0.6) is 0 Å². The van der Waals surface area contributed by atoms with Gasteiger partial charge in [-0.25, -0.2) is 0 Å². The summed E-state index contributed by atoms with van der Waals surface area (Å²) >= 11 is 0. The fraction of sp³-hybridized carbons (Fsp3) is 0.518. The molecule has 0 saturated heterocycles. The number of ether oxygens (including phenoxy) is 3. The van der Waals surface area contributed by atoms with Crippen LogP contribution in [-0.2, 0) is 28.6 Å². The fourth-order valence-corrected chi connectivity index (χ4v) is 5.73. The third kappa shape index (κ3) is 46.4. The molecule has 62 heavy (non-hydrogen) atoms.